The molecule has 0 amide bonds. The van der Waals surface area contributed by atoms with Gasteiger partial charge in [-0.15, -0.1) is 11.3 Å². The fraction of sp³-hybridized carbons (Fsp3) is 0.364. The Morgan fingerprint density at radius 1 is 1.06 bits per heavy atom. The predicted octanol–water partition coefficient (Wildman–Crippen LogP) is 8.43. The quantitative estimate of drug-likeness (QED) is 0.297. The lowest BCUT2D eigenvalue weighted by molar-refractivity contribution is -0.137. The summed E-state index contributed by atoms with van der Waals surface area (Å²) in [4.78, 5) is 0.764. The smallest absolute Gasteiger partial charge is 0.308 e. The van der Waals surface area contributed by atoms with E-state index in [1.54, 1.807) is 13.8 Å². The number of hydrogen-bond acceptors (Lipinski definition) is 4. The number of halogens is 4. The van der Waals surface area contributed by atoms with Crippen LogP contribution in [0.15, 0.2) is 42.5 Å². The molecular weight excluding hydrogens is 468 g/mol. The average Bonchev–Trinajstić information content (AvgIpc) is 3.03. The van der Waals surface area contributed by atoms with E-state index in [0.717, 1.165) is 26.6 Å². The van der Waals surface area contributed by atoms with E-state index < -0.39 is 30.0 Å². The van der Waals surface area contributed by atoms with Crippen LogP contribution >= 0.6 is 30.5 Å². The van der Waals surface area contributed by atoms with Crippen molar-refractivity contribution in [3.63, 3.8) is 0 Å². The van der Waals surface area contributed by atoms with Gasteiger partial charge in [0.15, 0.2) is 0 Å². The number of aryl methyl sites for hydroxylation is 1. The molecule has 31 heavy (non-hydrogen) atoms. The van der Waals surface area contributed by atoms with Gasteiger partial charge in [-0.05, 0) is 55.8 Å². The number of benzene rings is 2. The summed E-state index contributed by atoms with van der Waals surface area (Å²) < 4.78 is 66.2. The summed E-state index contributed by atoms with van der Waals surface area (Å²) in [5, 5.41) is 0.612. The molecule has 0 aliphatic rings. The fourth-order valence-corrected chi connectivity index (χ4v) is 7.71. The minimum atomic E-state index is -4.58. The molecule has 1 aromatic heterocycles. The zero-order valence-corrected chi connectivity index (χ0v) is 19.8. The Morgan fingerprint density at radius 2 is 1.71 bits per heavy atom. The summed E-state index contributed by atoms with van der Waals surface area (Å²) in [7, 11) is -3.70. The van der Waals surface area contributed by atoms with Gasteiger partial charge in [-0.2, -0.15) is 13.2 Å². The fourth-order valence-electron chi connectivity index (χ4n) is 3.60. The Morgan fingerprint density at radius 3 is 2.29 bits per heavy atom. The molecule has 1 heterocycles. The number of alkyl halides is 3. The van der Waals surface area contributed by atoms with Crippen molar-refractivity contribution in [1.29, 1.82) is 0 Å². The van der Waals surface area contributed by atoms with Crippen molar-refractivity contribution < 1.29 is 26.8 Å². The molecule has 0 bridgehead atoms. The van der Waals surface area contributed by atoms with E-state index in [-0.39, 0.29) is 25.2 Å². The number of thiophene rings is 1. The first kappa shape index (κ1) is 24.3. The highest BCUT2D eigenvalue weighted by Crippen LogP contribution is 2.64. The minimum absolute atomic E-state index is 0.00626. The minimum Gasteiger partial charge on any atom is -0.308 e. The number of fused-ring (bicyclic) bond motifs is 1. The molecule has 0 saturated carbocycles. The van der Waals surface area contributed by atoms with Crippen molar-refractivity contribution in [1.82, 2.24) is 0 Å². The highest BCUT2D eigenvalue weighted by molar-refractivity contribution is 7.54. The Labute approximate surface area is 188 Å². The van der Waals surface area contributed by atoms with Crippen LogP contribution in [0.5, 0.6) is 0 Å². The molecule has 0 aliphatic heterocycles. The van der Waals surface area contributed by atoms with Crippen LogP contribution in [0.3, 0.4) is 0 Å². The molecule has 0 spiro atoms. The van der Waals surface area contributed by atoms with Crippen molar-refractivity contribution in [2.45, 2.75) is 39.0 Å². The molecule has 1 unspecified atom stereocenters. The molecule has 168 valence electrons. The van der Waals surface area contributed by atoms with Gasteiger partial charge in [-0.1, -0.05) is 41.9 Å². The van der Waals surface area contributed by atoms with Gasteiger partial charge < -0.3 is 9.05 Å². The standard InChI is InChI=1S/C22H23ClF3O3PS/c1-4-28-30(27,29-5-2)18(21-14(3)16-10-6-7-12-19(16)31-21)13-15-9-8-11-17(20(15)23)22(24,25)26/h6-12,18H,4-5,13H2,1-3H3. The molecule has 0 saturated heterocycles. The number of rotatable bonds is 8. The largest absolute Gasteiger partial charge is 0.417 e. The van der Waals surface area contributed by atoms with Gasteiger partial charge in [0.05, 0.1) is 29.5 Å². The lowest BCUT2D eigenvalue weighted by Gasteiger charge is -2.27. The zero-order chi connectivity index (χ0) is 22.8. The third-order valence-electron chi connectivity index (χ3n) is 4.98. The van der Waals surface area contributed by atoms with Gasteiger partial charge in [0.25, 0.3) is 0 Å². The summed E-state index contributed by atoms with van der Waals surface area (Å²) in [6.45, 7) is 5.62. The molecule has 9 heteroatoms. The summed E-state index contributed by atoms with van der Waals surface area (Å²) in [5.74, 6) is 0. The van der Waals surface area contributed by atoms with E-state index >= 15 is 0 Å². The average molecular weight is 491 g/mol. The van der Waals surface area contributed by atoms with E-state index in [1.807, 2.05) is 31.2 Å². The van der Waals surface area contributed by atoms with Crippen LogP contribution < -0.4 is 0 Å². The van der Waals surface area contributed by atoms with Crippen molar-refractivity contribution in [3.8, 4) is 0 Å². The van der Waals surface area contributed by atoms with Crippen molar-refractivity contribution in [3.05, 3.63) is 69.1 Å². The summed E-state index contributed by atoms with van der Waals surface area (Å²) in [5.41, 5.74) is -0.543. The Balaban J connectivity index is 2.18. The third kappa shape index (κ3) is 5.01. The van der Waals surface area contributed by atoms with Crippen LogP contribution in [0.25, 0.3) is 10.1 Å². The lowest BCUT2D eigenvalue weighted by Crippen LogP contribution is -2.12. The second-order valence-corrected chi connectivity index (χ2v) is 10.6. The van der Waals surface area contributed by atoms with E-state index in [0.29, 0.717) is 0 Å². The van der Waals surface area contributed by atoms with Crippen LogP contribution in [0.4, 0.5) is 13.2 Å². The van der Waals surface area contributed by atoms with Crippen LogP contribution in [0, 0.1) is 6.92 Å². The van der Waals surface area contributed by atoms with Gasteiger partial charge in [0.1, 0.15) is 0 Å². The first-order chi connectivity index (χ1) is 14.6. The highest BCUT2D eigenvalue weighted by Gasteiger charge is 2.41. The topological polar surface area (TPSA) is 35.5 Å². The van der Waals surface area contributed by atoms with Crippen LogP contribution in [-0.4, -0.2) is 13.2 Å². The maximum absolute atomic E-state index is 13.8. The van der Waals surface area contributed by atoms with E-state index in [9.17, 15) is 17.7 Å². The number of hydrogen-bond donors (Lipinski definition) is 0. The monoisotopic (exact) mass is 490 g/mol. The van der Waals surface area contributed by atoms with Gasteiger partial charge >= 0.3 is 13.8 Å². The SMILES string of the molecule is CCOP(=O)(OCC)C(Cc1cccc(C(F)(F)F)c1Cl)c1sc2ccccc2c1C. The molecular formula is C22H23ClF3O3PS. The summed E-state index contributed by atoms with van der Waals surface area (Å²) >= 11 is 7.61. The maximum atomic E-state index is 13.8. The van der Waals surface area contributed by atoms with Crippen LogP contribution in [0.1, 0.15) is 41.1 Å². The molecule has 0 fully saturated rings. The maximum Gasteiger partial charge on any atom is 0.417 e. The van der Waals surface area contributed by atoms with Crippen molar-refractivity contribution in [2.75, 3.05) is 13.2 Å². The second-order valence-electron chi connectivity index (χ2n) is 6.96. The van der Waals surface area contributed by atoms with Gasteiger partial charge in [-0.3, -0.25) is 4.57 Å². The van der Waals surface area contributed by atoms with Crippen LogP contribution in [-0.2, 0) is 26.2 Å². The highest BCUT2D eigenvalue weighted by atomic mass is 35.5. The van der Waals surface area contributed by atoms with Crippen molar-refractivity contribution >= 4 is 40.6 Å². The molecule has 0 N–H and O–H groups in total. The molecule has 3 rings (SSSR count). The molecule has 1 atom stereocenters. The summed E-state index contributed by atoms with van der Waals surface area (Å²) in [6.07, 6.45) is -4.59. The van der Waals surface area contributed by atoms with Gasteiger partial charge in [0, 0.05) is 9.58 Å². The second kappa shape index (κ2) is 9.63. The van der Waals surface area contributed by atoms with Crippen LogP contribution in [0.2, 0.25) is 5.02 Å². The lowest BCUT2D eigenvalue weighted by atomic mass is 10.0. The van der Waals surface area contributed by atoms with E-state index in [1.165, 1.54) is 23.5 Å². The summed E-state index contributed by atoms with van der Waals surface area (Å²) in [6, 6.07) is 11.5. The third-order valence-corrected chi connectivity index (χ3v) is 9.43. The molecule has 3 nitrogen and oxygen atoms in total. The Kier molecular flexibility index (Phi) is 7.54. The normalized spacial score (nSPS) is 13.6. The first-order valence-electron chi connectivity index (χ1n) is 9.83. The van der Waals surface area contributed by atoms with E-state index in [4.69, 9.17) is 20.6 Å². The van der Waals surface area contributed by atoms with Gasteiger partial charge in [0.2, 0.25) is 0 Å². The predicted molar refractivity (Wildman–Crippen MR) is 120 cm³/mol. The molecule has 0 aliphatic carbocycles. The first-order valence-corrected chi connectivity index (χ1v) is 12.6. The zero-order valence-electron chi connectivity index (χ0n) is 17.3. The van der Waals surface area contributed by atoms with Gasteiger partial charge in [-0.25, -0.2) is 0 Å². The Bertz CT molecular complexity index is 1100. The Hall–Kier alpha value is -1.37. The van der Waals surface area contributed by atoms with Crippen molar-refractivity contribution in [2.24, 2.45) is 0 Å². The molecule has 2 aromatic carbocycles. The molecule has 3 aromatic rings. The molecule has 0 radical (unpaired) electrons. The van der Waals surface area contributed by atoms with E-state index in [2.05, 4.69) is 0 Å².